The van der Waals surface area contributed by atoms with Crippen LogP contribution >= 0.6 is 23.2 Å². The van der Waals surface area contributed by atoms with Gasteiger partial charge in [0.2, 0.25) is 5.91 Å². The van der Waals surface area contributed by atoms with E-state index in [4.69, 9.17) is 23.2 Å². The van der Waals surface area contributed by atoms with Gasteiger partial charge in [-0.05, 0) is 44.0 Å². The van der Waals surface area contributed by atoms with Crippen molar-refractivity contribution in [1.29, 1.82) is 0 Å². The number of nitrogens with one attached hydrogen (secondary N) is 2. The minimum absolute atomic E-state index is 0.0606. The van der Waals surface area contributed by atoms with Gasteiger partial charge in [0, 0.05) is 0 Å². The van der Waals surface area contributed by atoms with Crippen molar-refractivity contribution in [2.75, 3.05) is 6.54 Å². The van der Waals surface area contributed by atoms with Crippen molar-refractivity contribution in [3.8, 4) is 0 Å². The summed E-state index contributed by atoms with van der Waals surface area (Å²) >= 11 is 11.9. The Kier molecular flexibility index (Phi) is 5.70. The zero-order chi connectivity index (χ0) is 14.5. The number of hydrogen-bond donors (Lipinski definition) is 2. The quantitative estimate of drug-likeness (QED) is 0.893. The van der Waals surface area contributed by atoms with Gasteiger partial charge in [-0.15, -0.1) is 0 Å². The molecule has 2 rings (SSSR count). The number of halogens is 2. The molecule has 1 fully saturated rings. The van der Waals surface area contributed by atoms with Gasteiger partial charge in [0.05, 0.1) is 22.1 Å². The predicted molar refractivity (Wildman–Crippen MR) is 83.3 cm³/mol. The maximum Gasteiger partial charge on any atom is 0.237 e. The Balaban J connectivity index is 1.97. The minimum Gasteiger partial charge on any atom is -0.348 e. The van der Waals surface area contributed by atoms with Crippen LogP contribution in [0.4, 0.5) is 0 Å². The van der Waals surface area contributed by atoms with Crippen LogP contribution in [0, 0.1) is 0 Å². The SMILES string of the molecule is CC(NC(=O)C1CCCCCN1)c1ccc(Cl)c(Cl)c1. The van der Waals surface area contributed by atoms with Gasteiger partial charge in [-0.3, -0.25) is 4.79 Å². The van der Waals surface area contributed by atoms with Crippen molar-refractivity contribution in [2.24, 2.45) is 0 Å². The maximum absolute atomic E-state index is 12.3. The first kappa shape index (κ1) is 15.6. The molecule has 110 valence electrons. The summed E-state index contributed by atoms with van der Waals surface area (Å²) < 4.78 is 0. The summed E-state index contributed by atoms with van der Waals surface area (Å²) in [5.74, 6) is 0.0606. The Bertz CT molecular complexity index is 471. The first-order chi connectivity index (χ1) is 9.58. The number of amides is 1. The van der Waals surface area contributed by atoms with Crippen LogP contribution in [0.2, 0.25) is 10.0 Å². The van der Waals surface area contributed by atoms with Gasteiger partial charge < -0.3 is 10.6 Å². The molecule has 0 bridgehead atoms. The maximum atomic E-state index is 12.3. The summed E-state index contributed by atoms with van der Waals surface area (Å²) in [5.41, 5.74) is 0.960. The molecule has 3 nitrogen and oxygen atoms in total. The molecule has 2 atom stereocenters. The highest BCUT2D eigenvalue weighted by Crippen LogP contribution is 2.25. The van der Waals surface area contributed by atoms with Gasteiger partial charge in [0.25, 0.3) is 0 Å². The fourth-order valence-corrected chi connectivity index (χ4v) is 2.74. The molecule has 20 heavy (non-hydrogen) atoms. The first-order valence-electron chi connectivity index (χ1n) is 7.06. The molecule has 1 aromatic rings. The molecule has 0 saturated carbocycles. The molecule has 1 aliphatic heterocycles. The van der Waals surface area contributed by atoms with E-state index < -0.39 is 0 Å². The third-order valence-corrected chi connectivity index (χ3v) is 4.42. The van der Waals surface area contributed by atoms with E-state index in [1.54, 1.807) is 12.1 Å². The minimum atomic E-state index is -0.0812. The Morgan fingerprint density at radius 3 is 2.85 bits per heavy atom. The molecular formula is C15H20Cl2N2O. The third-order valence-electron chi connectivity index (χ3n) is 3.68. The molecule has 1 heterocycles. The molecule has 1 aromatic carbocycles. The van der Waals surface area contributed by atoms with E-state index in [9.17, 15) is 4.79 Å². The second kappa shape index (κ2) is 7.30. The summed E-state index contributed by atoms with van der Waals surface area (Å²) in [6, 6.07) is 5.28. The summed E-state index contributed by atoms with van der Waals surface area (Å²) in [6.45, 7) is 2.87. The van der Waals surface area contributed by atoms with Crippen LogP contribution in [-0.4, -0.2) is 18.5 Å². The summed E-state index contributed by atoms with van der Waals surface area (Å²) in [4.78, 5) is 12.3. The number of carbonyl (C=O) groups is 1. The Morgan fingerprint density at radius 1 is 1.30 bits per heavy atom. The molecule has 0 aliphatic carbocycles. The number of rotatable bonds is 3. The number of benzene rings is 1. The molecule has 2 unspecified atom stereocenters. The van der Waals surface area contributed by atoms with Crippen LogP contribution in [0.3, 0.4) is 0 Å². The Labute approximate surface area is 130 Å². The van der Waals surface area contributed by atoms with Gasteiger partial charge in [-0.2, -0.15) is 0 Å². The van der Waals surface area contributed by atoms with E-state index in [1.807, 2.05) is 13.0 Å². The topological polar surface area (TPSA) is 41.1 Å². The molecule has 1 aliphatic rings. The lowest BCUT2D eigenvalue weighted by Gasteiger charge is -2.20. The van der Waals surface area contributed by atoms with Crippen molar-refractivity contribution in [1.82, 2.24) is 10.6 Å². The molecule has 2 N–H and O–H groups in total. The van der Waals surface area contributed by atoms with E-state index in [0.29, 0.717) is 10.0 Å². The number of carbonyl (C=O) groups excluding carboxylic acids is 1. The van der Waals surface area contributed by atoms with Crippen molar-refractivity contribution in [2.45, 2.75) is 44.7 Å². The summed E-state index contributed by atoms with van der Waals surface area (Å²) in [7, 11) is 0. The highest BCUT2D eigenvalue weighted by atomic mass is 35.5. The second-order valence-electron chi connectivity index (χ2n) is 5.26. The van der Waals surface area contributed by atoms with Crippen LogP contribution < -0.4 is 10.6 Å². The lowest BCUT2D eigenvalue weighted by atomic mass is 10.1. The van der Waals surface area contributed by atoms with Gasteiger partial charge in [0.15, 0.2) is 0 Å². The van der Waals surface area contributed by atoms with Crippen LogP contribution in [0.5, 0.6) is 0 Å². The standard InChI is InChI=1S/C15H20Cl2N2O/c1-10(11-6-7-12(16)13(17)9-11)19-15(20)14-5-3-2-4-8-18-14/h6-7,9-10,14,18H,2-5,8H2,1H3,(H,19,20). The average Bonchev–Trinajstić information content (AvgIpc) is 2.70. The van der Waals surface area contributed by atoms with Gasteiger partial charge >= 0.3 is 0 Å². The molecular weight excluding hydrogens is 295 g/mol. The van der Waals surface area contributed by atoms with E-state index in [0.717, 1.165) is 31.4 Å². The van der Waals surface area contributed by atoms with Gasteiger partial charge in [-0.1, -0.05) is 42.1 Å². The van der Waals surface area contributed by atoms with Crippen molar-refractivity contribution in [3.63, 3.8) is 0 Å². The van der Waals surface area contributed by atoms with E-state index in [1.165, 1.54) is 6.42 Å². The molecule has 1 saturated heterocycles. The fraction of sp³-hybridized carbons (Fsp3) is 0.533. The first-order valence-corrected chi connectivity index (χ1v) is 7.82. The smallest absolute Gasteiger partial charge is 0.237 e. The largest absolute Gasteiger partial charge is 0.348 e. The summed E-state index contributed by atoms with van der Waals surface area (Å²) in [5, 5.41) is 7.38. The van der Waals surface area contributed by atoms with Crippen LogP contribution in [0.1, 0.15) is 44.2 Å². The molecule has 0 radical (unpaired) electrons. The van der Waals surface area contributed by atoms with Crippen molar-refractivity contribution < 1.29 is 4.79 Å². The highest BCUT2D eigenvalue weighted by Gasteiger charge is 2.21. The van der Waals surface area contributed by atoms with Crippen LogP contribution in [0.25, 0.3) is 0 Å². The monoisotopic (exact) mass is 314 g/mol. The Morgan fingerprint density at radius 2 is 2.10 bits per heavy atom. The van der Waals surface area contributed by atoms with Crippen molar-refractivity contribution >= 4 is 29.1 Å². The normalized spacial score (nSPS) is 21.1. The molecule has 0 aromatic heterocycles. The lowest BCUT2D eigenvalue weighted by Crippen LogP contribution is -2.44. The average molecular weight is 315 g/mol. The third kappa shape index (κ3) is 4.11. The van der Waals surface area contributed by atoms with Crippen molar-refractivity contribution in [3.05, 3.63) is 33.8 Å². The van der Waals surface area contributed by atoms with Crippen LogP contribution in [-0.2, 0) is 4.79 Å². The van der Waals surface area contributed by atoms with Gasteiger partial charge in [0.1, 0.15) is 0 Å². The van der Waals surface area contributed by atoms with E-state index in [2.05, 4.69) is 10.6 Å². The summed E-state index contributed by atoms with van der Waals surface area (Å²) in [6.07, 6.45) is 4.34. The second-order valence-corrected chi connectivity index (χ2v) is 6.07. The lowest BCUT2D eigenvalue weighted by molar-refractivity contribution is -0.123. The van der Waals surface area contributed by atoms with E-state index >= 15 is 0 Å². The van der Waals surface area contributed by atoms with Gasteiger partial charge in [-0.25, -0.2) is 0 Å². The number of hydrogen-bond acceptors (Lipinski definition) is 2. The highest BCUT2D eigenvalue weighted by molar-refractivity contribution is 6.42. The molecule has 1 amide bonds. The Hall–Kier alpha value is -0.770. The zero-order valence-corrected chi connectivity index (χ0v) is 13.1. The fourth-order valence-electron chi connectivity index (χ4n) is 2.43. The van der Waals surface area contributed by atoms with Crippen LogP contribution in [0.15, 0.2) is 18.2 Å². The van der Waals surface area contributed by atoms with E-state index in [-0.39, 0.29) is 18.0 Å². The molecule has 5 heteroatoms. The predicted octanol–water partition coefficient (Wildman–Crippen LogP) is 3.70. The molecule has 0 spiro atoms. The zero-order valence-electron chi connectivity index (χ0n) is 11.6.